The summed E-state index contributed by atoms with van der Waals surface area (Å²) < 4.78 is 0. The maximum Gasteiger partial charge on any atom is 0.303 e. The number of aliphatic carboxylic acids is 1. The third kappa shape index (κ3) is 6.46. The number of Topliss-reactive ketones (excluding diaryl/α,β-unsaturated/α-hetero) is 1. The molecule has 0 spiro atoms. The first-order chi connectivity index (χ1) is 13.4. The van der Waals surface area contributed by atoms with Crippen molar-refractivity contribution in [3.05, 3.63) is 35.4 Å². The first-order valence-electron chi connectivity index (χ1n) is 11.2. The average Bonchev–Trinajstić information content (AvgIpc) is 3.55. The second-order valence-corrected chi connectivity index (χ2v) is 9.63. The molecule has 0 unspecified atom stereocenters. The lowest BCUT2D eigenvalue weighted by Gasteiger charge is -2.14. The van der Waals surface area contributed by atoms with E-state index in [1.165, 1.54) is 43.2 Å². The number of aryl methyl sites for hydroxylation is 2. The molecule has 3 heteroatoms. The Morgan fingerprint density at radius 2 is 1.29 bits per heavy atom. The molecule has 0 saturated heterocycles. The maximum absolute atomic E-state index is 11.4. The van der Waals surface area contributed by atoms with Gasteiger partial charge in [-0.2, -0.15) is 0 Å². The predicted octanol–water partition coefficient (Wildman–Crippen LogP) is 6.13. The van der Waals surface area contributed by atoms with Gasteiger partial charge in [0.25, 0.3) is 0 Å². The normalized spacial score (nSPS) is 18.6. The minimum atomic E-state index is -0.640. The van der Waals surface area contributed by atoms with Crippen LogP contribution >= 0.6 is 0 Å². The molecule has 1 aromatic carbocycles. The minimum Gasteiger partial charge on any atom is -0.481 e. The Morgan fingerprint density at radius 1 is 0.821 bits per heavy atom. The van der Waals surface area contributed by atoms with Crippen LogP contribution in [0.2, 0.25) is 0 Å². The summed E-state index contributed by atoms with van der Waals surface area (Å²) in [5, 5.41) is 9.04. The highest BCUT2D eigenvalue weighted by molar-refractivity contribution is 5.76. The van der Waals surface area contributed by atoms with E-state index in [1.54, 1.807) is 6.92 Å². The van der Waals surface area contributed by atoms with Crippen LogP contribution in [0.1, 0.15) is 95.1 Å². The quantitative estimate of drug-likeness (QED) is 0.393. The molecule has 0 radical (unpaired) electrons. The van der Waals surface area contributed by atoms with Crippen LogP contribution in [-0.4, -0.2) is 16.9 Å². The molecule has 3 nitrogen and oxygen atoms in total. The zero-order valence-electron chi connectivity index (χ0n) is 17.5. The van der Waals surface area contributed by atoms with E-state index in [1.807, 2.05) is 0 Å². The second-order valence-electron chi connectivity index (χ2n) is 9.63. The Labute approximate surface area is 169 Å². The SMILES string of the molecule is CC(=O)CC1(CCCCc2ccccc2CCCCC2(CC(=O)O)CC2)CC1. The molecule has 1 N–H and O–H groups in total. The zero-order valence-corrected chi connectivity index (χ0v) is 17.5. The van der Waals surface area contributed by atoms with Crippen LogP contribution in [0.4, 0.5) is 0 Å². The molecule has 0 aromatic heterocycles. The molecule has 2 aliphatic rings. The van der Waals surface area contributed by atoms with Crippen molar-refractivity contribution in [1.82, 2.24) is 0 Å². The monoisotopic (exact) mass is 384 g/mol. The molecule has 154 valence electrons. The van der Waals surface area contributed by atoms with Gasteiger partial charge < -0.3 is 9.90 Å². The Hall–Kier alpha value is -1.64. The van der Waals surface area contributed by atoms with Gasteiger partial charge in [-0.3, -0.25) is 4.79 Å². The molecular formula is C25H36O3. The number of carboxylic acids is 1. The van der Waals surface area contributed by atoms with Gasteiger partial charge in [-0.1, -0.05) is 37.1 Å². The molecule has 0 atom stereocenters. The highest BCUT2D eigenvalue weighted by Crippen LogP contribution is 2.53. The molecule has 2 fully saturated rings. The summed E-state index contributed by atoms with van der Waals surface area (Å²) in [5.41, 5.74) is 3.44. The molecule has 0 bridgehead atoms. The van der Waals surface area contributed by atoms with Gasteiger partial charge in [0.1, 0.15) is 5.78 Å². The molecular weight excluding hydrogens is 348 g/mol. The first kappa shape index (κ1) is 21.1. The lowest BCUT2D eigenvalue weighted by molar-refractivity contribution is -0.138. The van der Waals surface area contributed by atoms with Crippen molar-refractivity contribution in [2.45, 2.75) is 96.8 Å². The lowest BCUT2D eigenvalue weighted by atomic mass is 9.90. The number of carbonyl (C=O) groups is 2. The van der Waals surface area contributed by atoms with Crippen molar-refractivity contribution in [2.24, 2.45) is 10.8 Å². The van der Waals surface area contributed by atoms with E-state index in [-0.39, 0.29) is 5.41 Å². The number of unbranched alkanes of at least 4 members (excludes halogenated alkanes) is 2. The van der Waals surface area contributed by atoms with Crippen LogP contribution < -0.4 is 0 Å². The van der Waals surface area contributed by atoms with Crippen molar-refractivity contribution in [2.75, 3.05) is 0 Å². The van der Waals surface area contributed by atoms with E-state index < -0.39 is 5.97 Å². The number of benzene rings is 1. The van der Waals surface area contributed by atoms with Gasteiger partial charge in [0, 0.05) is 6.42 Å². The number of carbonyl (C=O) groups excluding carboxylic acids is 1. The topological polar surface area (TPSA) is 54.4 Å². The van der Waals surface area contributed by atoms with Crippen molar-refractivity contribution in [1.29, 1.82) is 0 Å². The lowest BCUT2D eigenvalue weighted by Crippen LogP contribution is -2.08. The summed E-state index contributed by atoms with van der Waals surface area (Å²) >= 11 is 0. The summed E-state index contributed by atoms with van der Waals surface area (Å²) in [6, 6.07) is 8.81. The molecule has 0 aliphatic heterocycles. The number of carboxylic acid groups (broad SMARTS) is 1. The van der Waals surface area contributed by atoms with Gasteiger partial charge >= 0.3 is 5.97 Å². The van der Waals surface area contributed by atoms with Gasteiger partial charge in [-0.05, 0) is 93.1 Å². The van der Waals surface area contributed by atoms with E-state index in [4.69, 9.17) is 5.11 Å². The molecule has 28 heavy (non-hydrogen) atoms. The summed E-state index contributed by atoms with van der Waals surface area (Å²) in [6.45, 7) is 1.73. The summed E-state index contributed by atoms with van der Waals surface area (Å²) in [6.07, 6.45) is 15.1. The molecule has 1 aromatic rings. The van der Waals surface area contributed by atoms with Crippen LogP contribution in [-0.2, 0) is 22.4 Å². The van der Waals surface area contributed by atoms with Crippen LogP contribution in [0.25, 0.3) is 0 Å². The highest BCUT2D eigenvalue weighted by Gasteiger charge is 2.43. The first-order valence-corrected chi connectivity index (χ1v) is 11.2. The standard InChI is InChI=1S/C25H36O3/c1-20(26)18-24(14-15-24)12-6-4-10-21-8-2-3-9-22(21)11-5-7-13-25(16-17-25)19-23(27)28/h2-3,8-9H,4-7,10-19H2,1H3,(H,27,28). The van der Waals surface area contributed by atoms with Crippen molar-refractivity contribution >= 4 is 11.8 Å². The number of rotatable bonds is 14. The third-order valence-electron chi connectivity index (χ3n) is 6.99. The Bertz CT molecular complexity index is 624. The number of hydrogen-bond donors (Lipinski definition) is 1. The molecule has 0 amide bonds. The van der Waals surface area contributed by atoms with Crippen LogP contribution in [0.3, 0.4) is 0 Å². The average molecular weight is 385 g/mol. The minimum absolute atomic E-state index is 0.129. The second kappa shape index (κ2) is 9.24. The van der Waals surface area contributed by atoms with Gasteiger partial charge in [0.2, 0.25) is 0 Å². The molecule has 3 rings (SSSR count). The van der Waals surface area contributed by atoms with E-state index >= 15 is 0 Å². The van der Waals surface area contributed by atoms with E-state index in [0.29, 0.717) is 17.6 Å². The van der Waals surface area contributed by atoms with Crippen LogP contribution in [0.15, 0.2) is 24.3 Å². The molecule has 0 heterocycles. The highest BCUT2D eigenvalue weighted by atomic mass is 16.4. The Balaban J connectivity index is 1.37. The van der Waals surface area contributed by atoms with Gasteiger partial charge in [0.15, 0.2) is 0 Å². The third-order valence-corrected chi connectivity index (χ3v) is 6.99. The van der Waals surface area contributed by atoms with Crippen LogP contribution in [0.5, 0.6) is 0 Å². The fourth-order valence-electron chi connectivity index (χ4n) is 4.91. The maximum atomic E-state index is 11.4. The Morgan fingerprint density at radius 3 is 1.68 bits per heavy atom. The molecule has 2 saturated carbocycles. The summed E-state index contributed by atoms with van der Waals surface area (Å²) in [5.74, 6) is -0.293. The summed E-state index contributed by atoms with van der Waals surface area (Å²) in [7, 11) is 0. The Kier molecular flexibility index (Phi) is 6.95. The zero-order chi connectivity index (χ0) is 20.0. The number of hydrogen-bond acceptors (Lipinski definition) is 2. The van der Waals surface area contributed by atoms with E-state index in [9.17, 15) is 9.59 Å². The van der Waals surface area contributed by atoms with Gasteiger partial charge in [-0.25, -0.2) is 0 Å². The van der Waals surface area contributed by atoms with Crippen LogP contribution in [0, 0.1) is 10.8 Å². The number of ketones is 1. The fraction of sp³-hybridized carbons (Fsp3) is 0.680. The van der Waals surface area contributed by atoms with E-state index in [2.05, 4.69) is 24.3 Å². The smallest absolute Gasteiger partial charge is 0.303 e. The van der Waals surface area contributed by atoms with E-state index in [0.717, 1.165) is 51.4 Å². The summed E-state index contributed by atoms with van der Waals surface area (Å²) in [4.78, 5) is 22.4. The van der Waals surface area contributed by atoms with Crippen molar-refractivity contribution < 1.29 is 14.7 Å². The van der Waals surface area contributed by atoms with Crippen molar-refractivity contribution in [3.8, 4) is 0 Å². The molecule has 2 aliphatic carbocycles. The van der Waals surface area contributed by atoms with Crippen molar-refractivity contribution in [3.63, 3.8) is 0 Å². The largest absolute Gasteiger partial charge is 0.481 e. The van der Waals surface area contributed by atoms with Gasteiger partial charge in [0.05, 0.1) is 6.42 Å². The van der Waals surface area contributed by atoms with Gasteiger partial charge in [-0.15, -0.1) is 0 Å². The predicted molar refractivity (Wildman–Crippen MR) is 112 cm³/mol. The fourth-order valence-corrected chi connectivity index (χ4v) is 4.91.